The zero-order valence-corrected chi connectivity index (χ0v) is 15.1. The molecule has 1 saturated heterocycles. The van der Waals surface area contributed by atoms with Crippen molar-refractivity contribution in [1.29, 1.82) is 0 Å². The molecular weight excluding hydrogens is 306 g/mol. The second kappa shape index (κ2) is 7.58. The number of thiophene rings is 1. The van der Waals surface area contributed by atoms with E-state index in [0.29, 0.717) is 0 Å². The average molecular weight is 334 g/mol. The summed E-state index contributed by atoms with van der Waals surface area (Å²) in [4.78, 5) is 21.4. The second-order valence-electron chi connectivity index (χ2n) is 6.67. The third-order valence-corrected chi connectivity index (χ3v) is 5.96. The lowest BCUT2D eigenvalue weighted by molar-refractivity contribution is 0.101. The first-order chi connectivity index (χ1) is 11.1. The van der Waals surface area contributed by atoms with Gasteiger partial charge in [0.15, 0.2) is 5.78 Å². The number of rotatable bonds is 3. The highest BCUT2D eigenvalue weighted by atomic mass is 32.1. The first-order valence-electron chi connectivity index (χ1n) is 8.78. The van der Waals surface area contributed by atoms with E-state index in [-0.39, 0.29) is 5.78 Å². The zero-order chi connectivity index (χ0) is 16.2. The molecule has 23 heavy (non-hydrogen) atoms. The van der Waals surface area contributed by atoms with Crippen LogP contribution in [0.2, 0.25) is 0 Å². The fourth-order valence-electron chi connectivity index (χ4n) is 3.73. The topological polar surface area (TPSA) is 35.9 Å². The predicted molar refractivity (Wildman–Crippen MR) is 97.1 cm³/mol. The van der Waals surface area contributed by atoms with Gasteiger partial charge < -0.3 is 4.90 Å². The van der Waals surface area contributed by atoms with Crippen molar-refractivity contribution < 1.29 is 4.79 Å². The molecule has 0 spiro atoms. The van der Waals surface area contributed by atoms with E-state index in [4.69, 9.17) is 4.99 Å². The van der Waals surface area contributed by atoms with Crippen LogP contribution in [0.4, 0.5) is 5.00 Å². The molecule has 0 atom stereocenters. The van der Waals surface area contributed by atoms with Crippen LogP contribution in [0.3, 0.4) is 0 Å². The number of hydrogen-bond donors (Lipinski definition) is 0. The molecule has 4 nitrogen and oxygen atoms in total. The Morgan fingerprint density at radius 1 is 1.13 bits per heavy atom. The third-order valence-electron chi connectivity index (χ3n) is 5.15. The molecule has 1 saturated carbocycles. The summed E-state index contributed by atoms with van der Waals surface area (Å²) in [5.74, 6) is 1.14. The van der Waals surface area contributed by atoms with Crippen LogP contribution < -0.4 is 0 Å². The van der Waals surface area contributed by atoms with Crippen LogP contribution in [-0.4, -0.2) is 53.6 Å². The summed E-state index contributed by atoms with van der Waals surface area (Å²) < 4.78 is 0. The molecule has 2 heterocycles. The lowest BCUT2D eigenvalue weighted by Crippen LogP contribution is -2.51. The smallest absolute Gasteiger partial charge is 0.162 e. The molecule has 2 fully saturated rings. The van der Waals surface area contributed by atoms with Gasteiger partial charge in [-0.2, -0.15) is 0 Å². The average Bonchev–Trinajstić information content (AvgIpc) is 3.04. The van der Waals surface area contributed by atoms with E-state index in [0.717, 1.165) is 48.6 Å². The summed E-state index contributed by atoms with van der Waals surface area (Å²) in [6.07, 6.45) is 6.98. The van der Waals surface area contributed by atoms with Gasteiger partial charge in [-0.1, -0.05) is 19.3 Å². The molecule has 0 amide bonds. The SMILES string of the molecule is CC(=O)c1ccsc1N=C(C)N1CCN(C2CCCCC2)CC1. The van der Waals surface area contributed by atoms with E-state index in [1.807, 2.05) is 11.4 Å². The van der Waals surface area contributed by atoms with Crippen LogP contribution in [0.15, 0.2) is 16.4 Å². The van der Waals surface area contributed by atoms with Crippen LogP contribution in [0.1, 0.15) is 56.3 Å². The number of piperazine rings is 1. The number of aliphatic imine (C=N–C) groups is 1. The van der Waals surface area contributed by atoms with Gasteiger partial charge in [0.2, 0.25) is 0 Å². The maximum atomic E-state index is 11.6. The van der Waals surface area contributed by atoms with Crippen molar-refractivity contribution in [2.45, 2.75) is 52.0 Å². The van der Waals surface area contributed by atoms with Gasteiger partial charge in [0, 0.05) is 32.2 Å². The molecule has 1 aliphatic carbocycles. The van der Waals surface area contributed by atoms with Gasteiger partial charge in [-0.15, -0.1) is 11.3 Å². The number of hydrogen-bond acceptors (Lipinski definition) is 4. The molecule has 1 aromatic rings. The van der Waals surface area contributed by atoms with Crippen molar-refractivity contribution in [3.8, 4) is 0 Å². The maximum Gasteiger partial charge on any atom is 0.162 e. The number of carbonyl (C=O) groups excluding carboxylic acids is 1. The molecule has 0 unspecified atom stereocenters. The van der Waals surface area contributed by atoms with Crippen LogP contribution in [0, 0.1) is 0 Å². The molecule has 5 heteroatoms. The monoisotopic (exact) mass is 333 g/mol. The zero-order valence-electron chi connectivity index (χ0n) is 14.3. The Hall–Kier alpha value is -1.20. The van der Waals surface area contributed by atoms with Crippen molar-refractivity contribution in [3.63, 3.8) is 0 Å². The van der Waals surface area contributed by atoms with E-state index >= 15 is 0 Å². The van der Waals surface area contributed by atoms with E-state index in [1.54, 1.807) is 18.3 Å². The minimum absolute atomic E-state index is 0.0971. The molecule has 0 radical (unpaired) electrons. The van der Waals surface area contributed by atoms with E-state index in [9.17, 15) is 4.79 Å². The Labute approximate surface area is 143 Å². The predicted octanol–water partition coefficient (Wildman–Crippen LogP) is 3.95. The minimum atomic E-state index is 0.0971. The molecular formula is C18H27N3OS. The molecule has 126 valence electrons. The van der Waals surface area contributed by atoms with Crippen molar-refractivity contribution in [2.75, 3.05) is 26.2 Å². The molecule has 0 aromatic carbocycles. The van der Waals surface area contributed by atoms with Crippen LogP contribution in [-0.2, 0) is 0 Å². The summed E-state index contributed by atoms with van der Waals surface area (Å²) in [5, 5.41) is 2.80. The first kappa shape index (κ1) is 16.7. The number of amidine groups is 1. The molecule has 3 rings (SSSR count). The Morgan fingerprint density at radius 3 is 2.48 bits per heavy atom. The Balaban J connectivity index is 1.59. The highest BCUT2D eigenvalue weighted by molar-refractivity contribution is 7.14. The van der Waals surface area contributed by atoms with Crippen LogP contribution in [0.5, 0.6) is 0 Å². The summed E-state index contributed by atoms with van der Waals surface area (Å²) >= 11 is 1.55. The van der Waals surface area contributed by atoms with E-state index in [2.05, 4.69) is 16.7 Å². The first-order valence-corrected chi connectivity index (χ1v) is 9.66. The third kappa shape index (κ3) is 4.01. The Bertz CT molecular complexity index is 567. The standard InChI is InChI=1S/C18H27N3OS/c1-14(22)17-8-13-23-18(17)19-15(2)20-9-11-21(12-10-20)16-6-4-3-5-7-16/h8,13,16H,3-7,9-12H2,1-2H3. The van der Waals surface area contributed by atoms with Gasteiger partial charge >= 0.3 is 0 Å². The van der Waals surface area contributed by atoms with Crippen molar-refractivity contribution >= 4 is 28.0 Å². The fourth-order valence-corrected chi connectivity index (χ4v) is 4.59. The largest absolute Gasteiger partial charge is 0.358 e. The van der Waals surface area contributed by atoms with E-state index in [1.165, 1.54) is 32.1 Å². The quantitative estimate of drug-likeness (QED) is 0.477. The van der Waals surface area contributed by atoms with Crippen molar-refractivity contribution in [3.05, 3.63) is 17.0 Å². The molecule has 0 N–H and O–H groups in total. The van der Waals surface area contributed by atoms with Crippen LogP contribution >= 0.6 is 11.3 Å². The lowest BCUT2D eigenvalue weighted by atomic mass is 9.94. The number of carbonyl (C=O) groups is 1. The van der Waals surface area contributed by atoms with E-state index < -0.39 is 0 Å². The van der Waals surface area contributed by atoms with Crippen molar-refractivity contribution in [2.24, 2.45) is 4.99 Å². The summed E-state index contributed by atoms with van der Waals surface area (Å²) in [5.41, 5.74) is 0.746. The Kier molecular flexibility index (Phi) is 5.49. The Morgan fingerprint density at radius 2 is 1.83 bits per heavy atom. The van der Waals surface area contributed by atoms with Gasteiger partial charge in [-0.25, -0.2) is 4.99 Å². The summed E-state index contributed by atoms with van der Waals surface area (Å²) in [7, 11) is 0. The highest BCUT2D eigenvalue weighted by Crippen LogP contribution is 2.28. The summed E-state index contributed by atoms with van der Waals surface area (Å²) in [6.45, 7) is 8.06. The second-order valence-corrected chi connectivity index (χ2v) is 7.56. The maximum absolute atomic E-state index is 11.6. The minimum Gasteiger partial charge on any atom is -0.358 e. The molecule has 2 aliphatic rings. The number of Topliss-reactive ketones (excluding diaryl/α,β-unsaturated/α-hetero) is 1. The van der Waals surface area contributed by atoms with Gasteiger partial charge in [0.25, 0.3) is 0 Å². The van der Waals surface area contributed by atoms with Gasteiger partial charge in [-0.05, 0) is 38.1 Å². The number of nitrogens with zero attached hydrogens (tertiary/aromatic N) is 3. The van der Waals surface area contributed by atoms with Crippen molar-refractivity contribution in [1.82, 2.24) is 9.80 Å². The molecule has 0 bridgehead atoms. The number of ketones is 1. The normalized spacial score (nSPS) is 21.7. The lowest BCUT2D eigenvalue weighted by Gasteiger charge is -2.41. The highest BCUT2D eigenvalue weighted by Gasteiger charge is 2.25. The summed E-state index contributed by atoms with van der Waals surface area (Å²) in [6, 6.07) is 2.69. The van der Waals surface area contributed by atoms with Gasteiger partial charge in [-0.3, -0.25) is 9.69 Å². The molecule has 1 aliphatic heterocycles. The fraction of sp³-hybridized carbons (Fsp3) is 0.667. The van der Waals surface area contributed by atoms with Gasteiger partial charge in [0.1, 0.15) is 10.8 Å². The van der Waals surface area contributed by atoms with Crippen LogP contribution in [0.25, 0.3) is 0 Å². The van der Waals surface area contributed by atoms with Gasteiger partial charge in [0.05, 0.1) is 5.56 Å². The molecule has 1 aromatic heterocycles.